The monoisotopic (exact) mass is 332 g/mol. The molecule has 5 nitrogen and oxygen atoms in total. The van der Waals surface area contributed by atoms with Crippen molar-refractivity contribution >= 4 is 23.7 Å². The number of hydrogen-bond acceptors (Lipinski definition) is 4. The second kappa shape index (κ2) is 7.65. The molecule has 0 spiro atoms. The Hall–Kier alpha value is -2.53. The second-order valence-electron chi connectivity index (χ2n) is 5.04. The van der Waals surface area contributed by atoms with Gasteiger partial charge in [-0.1, -0.05) is 11.6 Å². The summed E-state index contributed by atoms with van der Waals surface area (Å²) in [4.78, 5) is 11.6. The molecule has 120 valence electrons. The van der Waals surface area contributed by atoms with E-state index in [-0.39, 0.29) is 18.3 Å². The maximum absolute atomic E-state index is 11.6. The van der Waals surface area contributed by atoms with E-state index >= 15 is 0 Å². The fourth-order valence-electron chi connectivity index (χ4n) is 1.95. The molecular weight excluding hydrogens is 316 g/mol. The lowest BCUT2D eigenvalue weighted by molar-refractivity contribution is -0.123. The molecule has 0 fully saturated rings. The molecule has 0 aliphatic rings. The number of amides is 1. The van der Waals surface area contributed by atoms with Gasteiger partial charge >= 0.3 is 0 Å². The maximum atomic E-state index is 11.6. The average Bonchev–Trinajstić information content (AvgIpc) is 2.52. The maximum Gasteiger partial charge on any atom is 0.277 e. The van der Waals surface area contributed by atoms with Crippen LogP contribution in [0.3, 0.4) is 0 Å². The third-order valence-corrected chi connectivity index (χ3v) is 3.35. The number of benzene rings is 2. The van der Waals surface area contributed by atoms with Crippen molar-refractivity contribution in [2.75, 3.05) is 6.61 Å². The number of carbonyl (C=O) groups excluding carboxylic acids is 1. The number of phenols is 1. The molecule has 6 heteroatoms. The Bertz CT molecular complexity index is 704. The van der Waals surface area contributed by atoms with E-state index in [2.05, 4.69) is 10.5 Å². The molecule has 0 aliphatic carbocycles. The van der Waals surface area contributed by atoms with E-state index in [1.807, 2.05) is 0 Å². The minimum atomic E-state index is -0.372. The first-order valence-corrected chi connectivity index (χ1v) is 7.34. The number of hydrogen-bond donors (Lipinski definition) is 2. The number of rotatable bonds is 5. The largest absolute Gasteiger partial charge is 0.507 e. The lowest BCUT2D eigenvalue weighted by atomic mass is 10.1. The molecular formula is C17H17ClN2O3. The van der Waals surface area contributed by atoms with Crippen LogP contribution in [0.4, 0.5) is 0 Å². The second-order valence-corrected chi connectivity index (χ2v) is 5.48. The Morgan fingerprint density at radius 2 is 1.87 bits per heavy atom. The molecule has 2 aromatic rings. The molecule has 2 aromatic carbocycles. The van der Waals surface area contributed by atoms with Gasteiger partial charge in [-0.05, 0) is 66.9 Å². The molecule has 0 aliphatic heterocycles. The third kappa shape index (κ3) is 5.00. The predicted molar refractivity (Wildman–Crippen MR) is 90.3 cm³/mol. The molecule has 1 amide bonds. The quantitative estimate of drug-likeness (QED) is 0.652. The van der Waals surface area contributed by atoms with Crippen molar-refractivity contribution in [1.82, 2.24) is 5.43 Å². The van der Waals surface area contributed by atoms with E-state index in [1.54, 1.807) is 50.2 Å². The lowest BCUT2D eigenvalue weighted by Crippen LogP contribution is -2.24. The van der Waals surface area contributed by atoms with Crippen molar-refractivity contribution < 1.29 is 14.6 Å². The molecule has 2 rings (SSSR count). The van der Waals surface area contributed by atoms with Crippen molar-refractivity contribution in [3.8, 4) is 11.5 Å². The number of ether oxygens (including phenoxy) is 1. The van der Waals surface area contributed by atoms with Crippen molar-refractivity contribution in [3.05, 3.63) is 58.1 Å². The van der Waals surface area contributed by atoms with Crippen LogP contribution in [0.5, 0.6) is 11.5 Å². The summed E-state index contributed by atoms with van der Waals surface area (Å²) in [5.74, 6) is 0.448. The van der Waals surface area contributed by atoms with Gasteiger partial charge in [-0.25, -0.2) is 5.43 Å². The third-order valence-electron chi connectivity index (χ3n) is 3.10. The normalized spacial score (nSPS) is 10.7. The number of nitrogens with one attached hydrogen (secondary N) is 1. The van der Waals surface area contributed by atoms with Crippen LogP contribution in [0, 0.1) is 13.8 Å². The number of aromatic hydroxyl groups is 1. The van der Waals surface area contributed by atoms with Crippen molar-refractivity contribution in [3.63, 3.8) is 0 Å². The number of carbonyl (C=O) groups is 1. The molecule has 0 aromatic heterocycles. The average molecular weight is 333 g/mol. The molecule has 2 N–H and O–H groups in total. The highest BCUT2D eigenvalue weighted by Crippen LogP contribution is 2.22. The Labute approximate surface area is 139 Å². The fraction of sp³-hybridized carbons (Fsp3) is 0.176. The van der Waals surface area contributed by atoms with E-state index in [1.165, 1.54) is 6.21 Å². The molecule has 0 atom stereocenters. The van der Waals surface area contributed by atoms with Gasteiger partial charge in [0.15, 0.2) is 6.61 Å². The van der Waals surface area contributed by atoms with Crippen LogP contribution in [-0.4, -0.2) is 23.8 Å². The van der Waals surface area contributed by atoms with Crippen molar-refractivity contribution in [2.45, 2.75) is 13.8 Å². The number of nitrogens with zero attached hydrogens (tertiary/aromatic N) is 1. The highest BCUT2D eigenvalue weighted by molar-refractivity contribution is 6.30. The topological polar surface area (TPSA) is 70.9 Å². The Kier molecular flexibility index (Phi) is 5.60. The SMILES string of the molecule is Cc1cc(/C=N/NC(=O)COc2ccc(Cl)cc2)cc(C)c1O. The summed E-state index contributed by atoms with van der Waals surface area (Å²) in [5.41, 5.74) is 4.68. The van der Waals surface area contributed by atoms with E-state index in [0.717, 1.165) is 16.7 Å². The van der Waals surface area contributed by atoms with Crippen LogP contribution >= 0.6 is 11.6 Å². The number of phenolic OH excluding ortho intramolecular Hbond substituents is 1. The van der Waals surface area contributed by atoms with Crippen LogP contribution < -0.4 is 10.2 Å². The first-order chi connectivity index (χ1) is 11.0. The Morgan fingerprint density at radius 1 is 1.26 bits per heavy atom. The van der Waals surface area contributed by atoms with Crippen LogP contribution in [0.15, 0.2) is 41.5 Å². The fourth-order valence-corrected chi connectivity index (χ4v) is 2.08. The van der Waals surface area contributed by atoms with E-state index in [9.17, 15) is 9.90 Å². The smallest absolute Gasteiger partial charge is 0.277 e. The molecule has 0 bridgehead atoms. The van der Waals surface area contributed by atoms with Gasteiger partial charge in [-0.2, -0.15) is 5.10 Å². The molecule has 0 heterocycles. The Morgan fingerprint density at radius 3 is 2.48 bits per heavy atom. The zero-order chi connectivity index (χ0) is 16.8. The number of aryl methyl sites for hydroxylation is 2. The summed E-state index contributed by atoms with van der Waals surface area (Å²) in [6, 6.07) is 10.3. The zero-order valence-electron chi connectivity index (χ0n) is 12.8. The molecule has 0 unspecified atom stereocenters. The highest BCUT2D eigenvalue weighted by atomic mass is 35.5. The summed E-state index contributed by atoms with van der Waals surface area (Å²) in [7, 11) is 0. The van der Waals surface area contributed by atoms with Gasteiger partial charge in [0.05, 0.1) is 6.21 Å². The summed E-state index contributed by atoms with van der Waals surface area (Å²) < 4.78 is 5.30. The highest BCUT2D eigenvalue weighted by Gasteiger charge is 2.03. The molecule has 0 saturated heterocycles. The molecule has 0 radical (unpaired) electrons. The summed E-state index contributed by atoms with van der Waals surface area (Å²) in [6.07, 6.45) is 1.51. The first kappa shape index (κ1) is 16.8. The zero-order valence-corrected chi connectivity index (χ0v) is 13.6. The summed E-state index contributed by atoms with van der Waals surface area (Å²) in [5, 5.41) is 14.2. The lowest BCUT2D eigenvalue weighted by Gasteiger charge is -2.05. The first-order valence-electron chi connectivity index (χ1n) is 6.96. The van der Waals surface area contributed by atoms with Gasteiger partial charge in [0.25, 0.3) is 5.91 Å². The Balaban J connectivity index is 1.85. The number of halogens is 1. The summed E-state index contributed by atoms with van der Waals surface area (Å²) in [6.45, 7) is 3.46. The van der Waals surface area contributed by atoms with E-state index in [0.29, 0.717) is 10.8 Å². The van der Waals surface area contributed by atoms with Gasteiger partial charge in [0.2, 0.25) is 0 Å². The predicted octanol–water partition coefficient (Wildman–Crippen LogP) is 3.19. The van der Waals surface area contributed by atoms with Gasteiger partial charge < -0.3 is 9.84 Å². The number of hydrazone groups is 1. The van der Waals surface area contributed by atoms with Crippen molar-refractivity contribution in [2.24, 2.45) is 5.10 Å². The minimum Gasteiger partial charge on any atom is -0.507 e. The summed E-state index contributed by atoms with van der Waals surface area (Å²) >= 11 is 5.76. The molecule has 0 saturated carbocycles. The van der Waals surface area contributed by atoms with Crippen molar-refractivity contribution in [1.29, 1.82) is 0 Å². The van der Waals surface area contributed by atoms with Crippen LogP contribution in [0.25, 0.3) is 0 Å². The standard InChI is InChI=1S/C17H17ClN2O3/c1-11-7-13(8-12(2)17(11)22)9-19-20-16(21)10-23-15-5-3-14(18)4-6-15/h3-9,22H,10H2,1-2H3,(H,20,21)/b19-9+. The van der Waals surface area contributed by atoms with Crippen LogP contribution in [0.1, 0.15) is 16.7 Å². The molecule has 23 heavy (non-hydrogen) atoms. The van der Waals surface area contributed by atoms with Crippen LogP contribution in [-0.2, 0) is 4.79 Å². The van der Waals surface area contributed by atoms with Gasteiger partial charge in [-0.3, -0.25) is 4.79 Å². The van der Waals surface area contributed by atoms with Crippen LogP contribution in [0.2, 0.25) is 5.02 Å². The van der Waals surface area contributed by atoms with Gasteiger partial charge in [-0.15, -0.1) is 0 Å². The minimum absolute atomic E-state index is 0.146. The van der Waals surface area contributed by atoms with E-state index < -0.39 is 0 Å². The van der Waals surface area contributed by atoms with E-state index in [4.69, 9.17) is 16.3 Å². The van der Waals surface area contributed by atoms with Gasteiger partial charge in [0.1, 0.15) is 11.5 Å². The van der Waals surface area contributed by atoms with Gasteiger partial charge in [0, 0.05) is 5.02 Å².